The lowest BCUT2D eigenvalue weighted by Gasteiger charge is -2.10. The molecule has 0 bridgehead atoms. The summed E-state index contributed by atoms with van der Waals surface area (Å²) in [6.07, 6.45) is 3.73. The maximum atomic E-state index is 11.3. The van der Waals surface area contributed by atoms with Gasteiger partial charge in [0.05, 0.1) is 12.5 Å². The fourth-order valence-electron chi connectivity index (χ4n) is 1.11. The quantitative estimate of drug-likeness (QED) is 0.346. The third-order valence-corrected chi connectivity index (χ3v) is 2.01. The lowest BCUT2D eigenvalue weighted by Crippen LogP contribution is -2.17. The standard InChI is InChI=1S/C10H20O4/c1-4-7-8-9(5-2)10(11)13-14-12-6-3/h9H,4-8H2,1-3H3. The minimum Gasteiger partial charge on any atom is -0.269 e. The summed E-state index contributed by atoms with van der Waals surface area (Å²) < 4.78 is 0. The van der Waals surface area contributed by atoms with Crippen molar-refractivity contribution in [2.75, 3.05) is 6.61 Å². The van der Waals surface area contributed by atoms with Gasteiger partial charge in [0.1, 0.15) is 0 Å². The molecule has 0 amide bonds. The number of hydrogen-bond acceptors (Lipinski definition) is 4. The number of rotatable bonds is 8. The van der Waals surface area contributed by atoms with E-state index in [2.05, 4.69) is 21.7 Å². The summed E-state index contributed by atoms with van der Waals surface area (Å²) in [6, 6.07) is 0. The van der Waals surface area contributed by atoms with E-state index in [-0.39, 0.29) is 11.9 Å². The highest BCUT2D eigenvalue weighted by Gasteiger charge is 2.18. The molecule has 0 rings (SSSR count). The maximum absolute atomic E-state index is 11.3. The van der Waals surface area contributed by atoms with Crippen molar-refractivity contribution in [3.05, 3.63) is 0 Å². The van der Waals surface area contributed by atoms with E-state index in [9.17, 15) is 4.79 Å². The van der Waals surface area contributed by atoms with Gasteiger partial charge in [-0.2, -0.15) is 4.89 Å². The molecule has 0 saturated carbocycles. The van der Waals surface area contributed by atoms with Crippen LogP contribution in [0.4, 0.5) is 0 Å². The highest BCUT2D eigenvalue weighted by molar-refractivity contribution is 5.71. The van der Waals surface area contributed by atoms with Crippen molar-refractivity contribution in [2.45, 2.75) is 46.5 Å². The van der Waals surface area contributed by atoms with Gasteiger partial charge in [0.2, 0.25) is 0 Å². The van der Waals surface area contributed by atoms with Crippen molar-refractivity contribution in [3.8, 4) is 0 Å². The highest BCUT2D eigenvalue weighted by atomic mass is 17.5. The second kappa shape index (κ2) is 8.97. The summed E-state index contributed by atoms with van der Waals surface area (Å²) in [4.78, 5) is 20.3. The van der Waals surface area contributed by atoms with Gasteiger partial charge in [-0.05, 0) is 24.8 Å². The van der Waals surface area contributed by atoms with Crippen LogP contribution in [0.1, 0.15) is 46.5 Å². The zero-order valence-electron chi connectivity index (χ0n) is 9.25. The molecule has 0 aromatic heterocycles. The van der Waals surface area contributed by atoms with Crippen molar-refractivity contribution in [2.24, 2.45) is 5.92 Å². The van der Waals surface area contributed by atoms with Crippen molar-refractivity contribution < 1.29 is 19.6 Å². The first-order chi connectivity index (χ1) is 6.76. The van der Waals surface area contributed by atoms with Gasteiger partial charge >= 0.3 is 5.97 Å². The summed E-state index contributed by atoms with van der Waals surface area (Å²) in [7, 11) is 0. The van der Waals surface area contributed by atoms with Gasteiger partial charge in [0.25, 0.3) is 0 Å². The third kappa shape index (κ3) is 5.94. The van der Waals surface area contributed by atoms with Crippen molar-refractivity contribution in [3.63, 3.8) is 0 Å². The molecule has 4 nitrogen and oxygen atoms in total. The predicted octanol–water partition coefficient (Wildman–Crippen LogP) is 2.63. The van der Waals surface area contributed by atoms with E-state index >= 15 is 0 Å². The van der Waals surface area contributed by atoms with Crippen LogP contribution in [0.15, 0.2) is 0 Å². The van der Waals surface area contributed by atoms with Gasteiger partial charge in [-0.25, -0.2) is 4.79 Å². The first-order valence-electron chi connectivity index (χ1n) is 5.26. The number of unbranched alkanes of at least 4 members (excludes halogenated alkanes) is 1. The third-order valence-electron chi connectivity index (χ3n) is 2.01. The van der Waals surface area contributed by atoms with Crippen LogP contribution < -0.4 is 0 Å². The van der Waals surface area contributed by atoms with Crippen LogP contribution in [-0.4, -0.2) is 12.6 Å². The Labute approximate surface area is 85.4 Å². The molecule has 4 heteroatoms. The predicted molar refractivity (Wildman–Crippen MR) is 52.1 cm³/mol. The summed E-state index contributed by atoms with van der Waals surface area (Å²) in [5.41, 5.74) is 0. The Bertz CT molecular complexity index is 147. The average Bonchev–Trinajstić information content (AvgIpc) is 2.19. The van der Waals surface area contributed by atoms with E-state index in [4.69, 9.17) is 0 Å². The topological polar surface area (TPSA) is 44.8 Å². The zero-order valence-corrected chi connectivity index (χ0v) is 9.25. The summed E-state index contributed by atoms with van der Waals surface area (Å²) in [6.45, 7) is 6.16. The Balaban J connectivity index is 3.67. The summed E-state index contributed by atoms with van der Waals surface area (Å²) in [5.74, 6) is -0.412. The minimum atomic E-state index is -0.339. The van der Waals surface area contributed by atoms with Crippen LogP contribution in [0.3, 0.4) is 0 Å². The second-order valence-corrected chi connectivity index (χ2v) is 3.12. The molecule has 14 heavy (non-hydrogen) atoms. The molecule has 1 atom stereocenters. The van der Waals surface area contributed by atoms with Gasteiger partial charge in [0.15, 0.2) is 0 Å². The van der Waals surface area contributed by atoms with Crippen LogP contribution in [0, 0.1) is 5.92 Å². The van der Waals surface area contributed by atoms with E-state index in [0.29, 0.717) is 6.61 Å². The number of hydrogen-bond donors (Lipinski definition) is 0. The van der Waals surface area contributed by atoms with Gasteiger partial charge in [-0.1, -0.05) is 26.7 Å². The van der Waals surface area contributed by atoms with Crippen LogP contribution in [0.2, 0.25) is 0 Å². The van der Waals surface area contributed by atoms with Crippen LogP contribution in [-0.2, 0) is 19.6 Å². The van der Waals surface area contributed by atoms with Crippen molar-refractivity contribution in [1.82, 2.24) is 0 Å². The summed E-state index contributed by atoms with van der Waals surface area (Å²) in [5, 5.41) is 4.26. The summed E-state index contributed by atoms with van der Waals surface area (Å²) >= 11 is 0. The molecule has 1 unspecified atom stereocenters. The first kappa shape index (κ1) is 13.4. The molecule has 0 radical (unpaired) electrons. The molecule has 0 aliphatic rings. The van der Waals surface area contributed by atoms with E-state index in [1.54, 1.807) is 6.92 Å². The van der Waals surface area contributed by atoms with Crippen LogP contribution in [0.5, 0.6) is 0 Å². The fourth-order valence-corrected chi connectivity index (χ4v) is 1.11. The number of carbonyl (C=O) groups excluding carboxylic acids is 1. The first-order valence-corrected chi connectivity index (χ1v) is 5.26. The van der Waals surface area contributed by atoms with Gasteiger partial charge in [-0.3, -0.25) is 4.89 Å². The molecular formula is C10H20O4. The van der Waals surface area contributed by atoms with Gasteiger partial charge in [-0.15, -0.1) is 0 Å². The van der Waals surface area contributed by atoms with Crippen molar-refractivity contribution >= 4 is 5.97 Å². The Kier molecular flexibility index (Phi) is 8.57. The molecule has 0 N–H and O–H groups in total. The largest absolute Gasteiger partial charge is 0.348 e. The Morgan fingerprint density at radius 3 is 2.50 bits per heavy atom. The van der Waals surface area contributed by atoms with Gasteiger partial charge < -0.3 is 0 Å². The number of carbonyl (C=O) groups is 1. The van der Waals surface area contributed by atoms with Gasteiger partial charge in [0, 0.05) is 0 Å². The molecule has 0 saturated heterocycles. The van der Waals surface area contributed by atoms with E-state index in [1.165, 1.54) is 0 Å². The molecular weight excluding hydrogens is 184 g/mol. The smallest absolute Gasteiger partial charge is 0.269 e. The molecule has 0 aliphatic heterocycles. The van der Waals surface area contributed by atoms with E-state index in [1.807, 2.05) is 6.92 Å². The zero-order chi connectivity index (χ0) is 10.8. The Morgan fingerprint density at radius 1 is 1.29 bits per heavy atom. The molecule has 84 valence electrons. The van der Waals surface area contributed by atoms with Crippen LogP contribution in [0.25, 0.3) is 0 Å². The minimum absolute atomic E-state index is 0.0737. The highest BCUT2D eigenvalue weighted by Crippen LogP contribution is 2.14. The monoisotopic (exact) mass is 204 g/mol. The lowest BCUT2D eigenvalue weighted by atomic mass is 10.00. The SMILES string of the molecule is CCCCC(CC)C(=O)OOOCC. The Morgan fingerprint density at radius 2 is 2.00 bits per heavy atom. The van der Waals surface area contributed by atoms with Crippen LogP contribution >= 0.6 is 0 Å². The molecule has 0 aromatic carbocycles. The molecule has 0 spiro atoms. The average molecular weight is 204 g/mol. The molecule has 0 aliphatic carbocycles. The normalized spacial score (nSPS) is 12.5. The maximum Gasteiger partial charge on any atom is 0.348 e. The van der Waals surface area contributed by atoms with E-state index in [0.717, 1.165) is 25.7 Å². The second-order valence-electron chi connectivity index (χ2n) is 3.12. The molecule has 0 fully saturated rings. The van der Waals surface area contributed by atoms with E-state index < -0.39 is 0 Å². The lowest BCUT2D eigenvalue weighted by molar-refractivity contribution is -0.486. The Hall–Kier alpha value is -0.610. The molecule has 0 aromatic rings. The molecule has 0 heterocycles. The van der Waals surface area contributed by atoms with Crippen molar-refractivity contribution in [1.29, 1.82) is 0 Å². The fraction of sp³-hybridized carbons (Fsp3) is 0.900.